The molecule has 550 valence electrons. The Labute approximate surface area is 610 Å². The number of ether oxygens (including phenoxy) is 2. The van der Waals surface area contributed by atoms with Crippen LogP contribution in [0, 0.1) is 34.0 Å². The Morgan fingerprint density at radius 3 is 1.30 bits per heavy atom. The molecule has 0 amide bonds. The Hall–Kier alpha value is -7.87. The van der Waals surface area contributed by atoms with Gasteiger partial charge in [-0.15, -0.1) is 0 Å². The number of nitriles is 3. The molecule has 30 nitrogen and oxygen atoms in total. The van der Waals surface area contributed by atoms with E-state index >= 15 is 0 Å². The first-order chi connectivity index (χ1) is 47.7. The number of hydrogen-bond donors (Lipinski definition) is 2. The van der Waals surface area contributed by atoms with Gasteiger partial charge in [0.25, 0.3) is 0 Å². The molecule has 0 radical (unpaired) electrons. The minimum Gasteiger partial charge on any atom is -0.418 e. The van der Waals surface area contributed by atoms with Crippen LogP contribution in [0.2, 0.25) is 51.4 Å². The second kappa shape index (κ2) is 35.3. The molecule has 12 rings (SSSR count). The van der Waals surface area contributed by atoms with Crippen molar-refractivity contribution >= 4 is 86.6 Å². The van der Waals surface area contributed by atoms with Crippen molar-refractivity contribution < 1.29 is 76.0 Å². The van der Waals surface area contributed by atoms with Crippen LogP contribution in [0.3, 0.4) is 0 Å². The molecule has 12 heterocycles. The van der Waals surface area contributed by atoms with Gasteiger partial charge in [0.05, 0.1) is 84.0 Å². The van der Waals surface area contributed by atoms with Crippen molar-refractivity contribution in [3.05, 3.63) is 105 Å². The van der Waals surface area contributed by atoms with Gasteiger partial charge in [-0.1, -0.05) is 46.7 Å². The fourth-order valence-corrected chi connectivity index (χ4v) is 15.9. The van der Waals surface area contributed by atoms with Gasteiger partial charge in [0.1, 0.15) is 67.2 Å². The van der Waals surface area contributed by atoms with Crippen LogP contribution in [0.1, 0.15) is 41.0 Å². The van der Waals surface area contributed by atoms with E-state index < -0.39 is 64.5 Å². The van der Waals surface area contributed by atoms with Crippen molar-refractivity contribution in [3.8, 4) is 52.0 Å². The summed E-state index contributed by atoms with van der Waals surface area (Å²) in [7, 11) is -17.8. The first-order valence-corrected chi connectivity index (χ1v) is 44.3. The summed E-state index contributed by atoms with van der Waals surface area (Å²) in [4.78, 5) is 26.3. The first-order valence-electron chi connectivity index (χ1n) is 32.1. The van der Waals surface area contributed by atoms with Crippen molar-refractivity contribution in [2.45, 2.75) is 124 Å². The van der Waals surface area contributed by atoms with E-state index in [-0.39, 0.29) is 89.3 Å². The number of aromatic nitrogens is 15. The molecule has 0 atom stereocenters. The molecule has 103 heavy (non-hydrogen) atoms. The molecular weight excluding hydrogens is 1430 g/mol. The number of aromatic amines is 1. The summed E-state index contributed by atoms with van der Waals surface area (Å²) < 4.78 is 135. The zero-order chi connectivity index (χ0) is 73.8. The van der Waals surface area contributed by atoms with E-state index in [1.165, 1.54) is 37.7 Å². The predicted molar refractivity (Wildman–Crippen MR) is 383 cm³/mol. The smallest absolute Gasteiger partial charge is 0.418 e. The molecule has 9 aromatic rings. The number of hydrogen-bond acceptors (Lipinski definition) is 21. The third-order valence-electron chi connectivity index (χ3n) is 16.7. The number of nitrogens with one attached hydrogen (secondary N) is 1. The molecule has 0 bridgehead atoms. The van der Waals surface area contributed by atoms with Crippen LogP contribution in [-0.4, -0.2) is 210 Å². The Morgan fingerprint density at radius 1 is 0.592 bits per heavy atom. The molecule has 2 N–H and O–H groups in total. The fourth-order valence-electron chi connectivity index (χ4n) is 10.8. The SMILES string of the molecule is C.CCS(=O)(=O)N1CC(=CC#N)C1.CCS(=O)(=O)N1CC(CC#N)(n2cc(-c3ncnc4c3ccn4CO)cn2)C1.CCS(=O)(=O)N1CC(CC#N)(n2cc(-c3ncnc4c3ccn4COCC[Si](C)(C)C)cn2)C1.C[Si](C)(C)CCOCn1ccc2c(-c3cn[nH]c3)ncnc21.F[B-](F)(F)F.[Li+]. The molecule has 0 saturated carbocycles. The van der Waals surface area contributed by atoms with Crippen molar-refractivity contribution in [1.82, 2.24) is 86.3 Å². The van der Waals surface area contributed by atoms with Crippen molar-refractivity contribution in [2.24, 2.45) is 0 Å². The van der Waals surface area contributed by atoms with Gasteiger partial charge in [-0.25, -0.2) is 55.2 Å². The predicted octanol–water partition coefficient (Wildman–Crippen LogP) is 5.58. The summed E-state index contributed by atoms with van der Waals surface area (Å²) in [6.45, 7) is 22.9. The van der Waals surface area contributed by atoms with Crippen LogP contribution in [-0.2, 0) is 70.8 Å². The molecule has 9 aromatic heterocycles. The number of H-pyrrole nitrogens is 1. The van der Waals surface area contributed by atoms with Crippen LogP contribution in [0.25, 0.3) is 66.9 Å². The zero-order valence-corrected chi connectivity index (χ0v) is 62.9. The Bertz CT molecular complexity index is 4830. The Morgan fingerprint density at radius 2 is 0.961 bits per heavy atom. The average Bonchev–Trinajstić information content (AvgIpc) is 1.72. The largest absolute Gasteiger partial charge is 1.00 e. The second-order valence-electron chi connectivity index (χ2n) is 26.5. The third kappa shape index (κ3) is 21.2. The topological polar surface area (TPSA) is 379 Å². The molecule has 0 aliphatic carbocycles. The van der Waals surface area contributed by atoms with E-state index in [1.807, 2.05) is 58.2 Å². The van der Waals surface area contributed by atoms with Crippen molar-refractivity contribution in [2.75, 3.05) is 69.7 Å². The number of nitrogens with zero attached hydrogens (tertiary/aromatic N) is 20. The monoisotopic (exact) mass is 1510 g/mol. The van der Waals surface area contributed by atoms with E-state index in [4.69, 9.17) is 14.7 Å². The maximum absolute atomic E-state index is 12.2. The van der Waals surface area contributed by atoms with Gasteiger partial charge in [-0.2, -0.15) is 44.0 Å². The van der Waals surface area contributed by atoms with Crippen LogP contribution in [0.15, 0.2) is 105 Å². The zero-order valence-electron chi connectivity index (χ0n) is 58.4. The summed E-state index contributed by atoms with van der Waals surface area (Å²) >= 11 is 0. The fraction of sp³-hybridized carbons (Fsp3) is 0.484. The maximum atomic E-state index is 12.2. The maximum Gasteiger partial charge on any atom is 1.00 e. The Kier molecular flexibility index (Phi) is 28.8. The van der Waals surface area contributed by atoms with Crippen LogP contribution in [0.5, 0.6) is 0 Å². The van der Waals surface area contributed by atoms with Gasteiger partial charge < -0.3 is 45.5 Å². The van der Waals surface area contributed by atoms with Crippen LogP contribution in [0.4, 0.5) is 17.3 Å². The Balaban J connectivity index is 0.000000219. The molecule has 0 spiro atoms. The van der Waals surface area contributed by atoms with Gasteiger partial charge >= 0.3 is 26.1 Å². The van der Waals surface area contributed by atoms with Crippen LogP contribution >= 0.6 is 0 Å². The summed E-state index contributed by atoms with van der Waals surface area (Å²) in [6, 6.07) is 14.3. The quantitative estimate of drug-likeness (QED) is 0.0323. The molecule has 0 aromatic carbocycles. The van der Waals surface area contributed by atoms with E-state index in [0.717, 1.165) is 80.4 Å². The summed E-state index contributed by atoms with van der Waals surface area (Å²) in [5, 5.41) is 54.7. The first kappa shape index (κ1) is 84.1. The number of aliphatic hydroxyl groups excluding tert-OH is 1. The molecule has 3 aliphatic heterocycles. The van der Waals surface area contributed by atoms with E-state index in [2.05, 4.69) is 102 Å². The standard InChI is InChI=1S/C22H31N7O3SSi.C17H19N7O3S.C15H21N5OSi.C7H10N2O2S.CH4.BF4.Li/c1-5-33(30,31)28-14-22(15-28,7-8-23)29-13-18(12-26-29)20-19-6-9-27(21(19)25-16-24-20)17-32-10-11-34(2,3)4;1-2-28(26,27)23-9-17(10-23,4-5-18)24-8-13(7-21-24)15-14-3-6-22(12-25)16(14)20-11-19-15;1-22(2,3)7-6-21-11-20-5-4-13-14(12-8-18-19-9-12)16-10-17-15(13)20;1-2-12(10,11)9-5-7(6-9)3-4-8;;2-1(3,4)5;/h6,9,12-13,16H,5,7,10-11,14-15,17H2,1-4H3;3,6-8,11,25H,2,4,9-10,12H2,1H3;4-5,8-10H,6-7,11H2,1-3H3,(H,18,19);3H,2,5-6H2,1H3;1H4;;/q;;;;;-1;+1. The van der Waals surface area contributed by atoms with Crippen molar-refractivity contribution in [1.29, 1.82) is 15.8 Å². The van der Waals surface area contributed by atoms with Gasteiger partial charge in [0, 0.05) is 145 Å². The number of halogens is 4. The van der Waals surface area contributed by atoms with Gasteiger partial charge in [0.2, 0.25) is 30.1 Å². The molecule has 3 fully saturated rings. The molecule has 0 unspecified atom stereocenters. The van der Waals surface area contributed by atoms with Crippen LogP contribution < -0.4 is 18.9 Å². The third-order valence-corrected chi connectivity index (χ3v) is 25.5. The number of sulfonamides is 3. The van der Waals surface area contributed by atoms with Gasteiger partial charge in [0.15, 0.2) is 0 Å². The average molecular weight is 1510 g/mol. The van der Waals surface area contributed by atoms with Crippen molar-refractivity contribution in [3.63, 3.8) is 0 Å². The number of rotatable bonds is 24. The normalized spacial score (nSPS) is 15.3. The molecule has 3 aliphatic rings. The van der Waals surface area contributed by atoms with E-state index in [1.54, 1.807) is 72.0 Å². The summed E-state index contributed by atoms with van der Waals surface area (Å²) in [5.41, 5.74) is 6.58. The molecule has 41 heteroatoms. The molecule has 3 saturated heterocycles. The number of allylic oxidation sites excluding steroid dienone is 1. The van der Waals surface area contributed by atoms with Gasteiger partial charge in [-0.05, 0) is 56.6 Å². The second-order valence-corrected chi connectivity index (χ2v) is 44.5. The van der Waals surface area contributed by atoms with E-state index in [0.29, 0.717) is 37.9 Å². The van der Waals surface area contributed by atoms with E-state index in [9.17, 15) is 58.1 Å². The summed E-state index contributed by atoms with van der Waals surface area (Å²) in [6.07, 6.45) is 22.5. The minimum atomic E-state index is -6.00. The number of aliphatic hydroxyl groups is 1. The van der Waals surface area contributed by atoms with Gasteiger partial charge in [-0.3, -0.25) is 14.5 Å². The molecular formula is C62H85BF4LiN21O9S3Si2. The minimum absolute atomic E-state index is 0. The summed E-state index contributed by atoms with van der Waals surface area (Å²) in [5.74, 6) is 0.200. The number of fused-ring (bicyclic) bond motifs is 3.